The van der Waals surface area contributed by atoms with Gasteiger partial charge in [-0.2, -0.15) is 0 Å². The highest BCUT2D eigenvalue weighted by Gasteiger charge is 2.16. The van der Waals surface area contributed by atoms with Crippen molar-refractivity contribution in [1.29, 1.82) is 0 Å². The smallest absolute Gasteiger partial charge is 0.118 e. The van der Waals surface area contributed by atoms with Gasteiger partial charge < -0.3 is 14.2 Å². The first-order chi connectivity index (χ1) is 15.1. The second kappa shape index (κ2) is 9.11. The molecule has 0 saturated carbocycles. The van der Waals surface area contributed by atoms with Gasteiger partial charge in [0.25, 0.3) is 0 Å². The molecule has 3 aromatic carbocycles. The summed E-state index contributed by atoms with van der Waals surface area (Å²) in [5.74, 6) is 2.37. The topological polar surface area (TPSA) is 40.6 Å². The first kappa shape index (κ1) is 20.8. The fraction of sp³-hybridized carbons (Fsp3) is 0.115. The Hall–Kier alpha value is -3.50. The first-order valence-corrected chi connectivity index (χ1v) is 10.1. The van der Waals surface area contributed by atoms with Crippen molar-refractivity contribution >= 4 is 11.6 Å². The number of benzene rings is 3. The van der Waals surface area contributed by atoms with E-state index in [2.05, 4.69) is 0 Å². The zero-order valence-corrected chi connectivity index (χ0v) is 18.3. The minimum Gasteiger partial charge on any atom is -0.497 e. The number of aromatic nitrogens is 1. The summed E-state index contributed by atoms with van der Waals surface area (Å²) in [4.78, 5) is 4.91. The van der Waals surface area contributed by atoms with E-state index in [1.54, 1.807) is 21.3 Å². The Morgan fingerprint density at radius 2 is 1.00 bits per heavy atom. The third-order valence-electron chi connectivity index (χ3n) is 5.11. The van der Waals surface area contributed by atoms with Crippen LogP contribution in [0, 0.1) is 0 Å². The highest BCUT2D eigenvalue weighted by Crippen LogP contribution is 2.39. The van der Waals surface area contributed by atoms with Gasteiger partial charge in [-0.05, 0) is 72.3 Å². The molecular weight excluding hydrogens is 410 g/mol. The molecule has 0 N–H and O–H groups in total. The lowest BCUT2D eigenvalue weighted by Gasteiger charge is -2.14. The molecule has 0 radical (unpaired) electrons. The van der Waals surface area contributed by atoms with Crippen molar-refractivity contribution in [2.45, 2.75) is 0 Å². The molecule has 5 heteroatoms. The Labute approximate surface area is 187 Å². The minimum absolute atomic E-state index is 0.590. The van der Waals surface area contributed by atoms with E-state index in [9.17, 15) is 0 Å². The number of rotatable bonds is 6. The van der Waals surface area contributed by atoms with Gasteiger partial charge in [0.1, 0.15) is 17.2 Å². The fourth-order valence-corrected chi connectivity index (χ4v) is 3.67. The molecule has 4 aromatic rings. The SMILES string of the molecule is COc1ccc(-c2cc(-c3ccc(OC)cc3)c(Cl)c(-c3ccc(OC)cc3)n2)cc1. The number of hydrogen-bond donors (Lipinski definition) is 0. The number of halogens is 1. The molecule has 1 aromatic heterocycles. The third kappa shape index (κ3) is 4.35. The molecule has 0 unspecified atom stereocenters. The number of methoxy groups -OCH3 is 3. The maximum Gasteiger partial charge on any atom is 0.118 e. The Morgan fingerprint density at radius 3 is 1.45 bits per heavy atom. The Kier molecular flexibility index (Phi) is 6.10. The average Bonchev–Trinajstić information content (AvgIpc) is 2.84. The molecular formula is C26H22ClNO3. The third-order valence-corrected chi connectivity index (χ3v) is 5.49. The summed E-state index contributed by atoms with van der Waals surface area (Å²) in [6, 6.07) is 25.4. The van der Waals surface area contributed by atoms with Crippen LogP contribution in [0.2, 0.25) is 5.02 Å². The van der Waals surface area contributed by atoms with Crippen LogP contribution in [0.1, 0.15) is 0 Å². The zero-order valence-electron chi connectivity index (χ0n) is 17.6. The van der Waals surface area contributed by atoms with Crippen molar-refractivity contribution in [1.82, 2.24) is 4.98 Å². The van der Waals surface area contributed by atoms with Crippen molar-refractivity contribution < 1.29 is 14.2 Å². The van der Waals surface area contributed by atoms with Crippen LogP contribution in [-0.4, -0.2) is 26.3 Å². The number of ether oxygens (including phenoxy) is 3. The zero-order chi connectivity index (χ0) is 21.8. The Balaban J connectivity index is 1.89. The standard InChI is InChI=1S/C26H22ClNO3/c1-29-20-10-4-17(5-11-20)23-16-24(18-6-12-21(30-2)13-7-18)28-26(25(23)27)19-8-14-22(31-3)15-9-19/h4-16H,1-3H3. The molecule has 0 fully saturated rings. The summed E-state index contributed by atoms with van der Waals surface area (Å²) in [5.41, 5.74) is 5.30. The average molecular weight is 432 g/mol. The molecule has 156 valence electrons. The molecule has 0 aliphatic rings. The number of hydrogen-bond acceptors (Lipinski definition) is 4. The van der Waals surface area contributed by atoms with Crippen LogP contribution in [0.3, 0.4) is 0 Å². The highest BCUT2D eigenvalue weighted by molar-refractivity contribution is 6.36. The van der Waals surface area contributed by atoms with E-state index in [4.69, 9.17) is 30.8 Å². The highest BCUT2D eigenvalue weighted by atomic mass is 35.5. The summed E-state index contributed by atoms with van der Waals surface area (Å²) in [5, 5.41) is 0.590. The van der Waals surface area contributed by atoms with Crippen LogP contribution in [0.25, 0.3) is 33.6 Å². The molecule has 31 heavy (non-hydrogen) atoms. The summed E-state index contributed by atoms with van der Waals surface area (Å²) in [7, 11) is 4.95. The number of pyridine rings is 1. The molecule has 4 nitrogen and oxygen atoms in total. The molecule has 1 heterocycles. The number of nitrogens with zero attached hydrogens (tertiary/aromatic N) is 1. The lowest BCUT2D eigenvalue weighted by atomic mass is 9.99. The van der Waals surface area contributed by atoms with Crippen molar-refractivity contribution in [3.05, 3.63) is 83.9 Å². The molecule has 0 aliphatic carbocycles. The van der Waals surface area contributed by atoms with E-state index in [-0.39, 0.29) is 0 Å². The summed E-state index contributed by atoms with van der Waals surface area (Å²) in [6.45, 7) is 0. The predicted molar refractivity (Wildman–Crippen MR) is 125 cm³/mol. The largest absolute Gasteiger partial charge is 0.497 e. The minimum atomic E-state index is 0.590. The van der Waals surface area contributed by atoms with Crippen molar-refractivity contribution in [2.24, 2.45) is 0 Å². The van der Waals surface area contributed by atoms with E-state index in [0.29, 0.717) is 10.7 Å². The maximum atomic E-state index is 6.89. The second-order valence-corrected chi connectivity index (χ2v) is 7.28. The summed E-state index contributed by atoms with van der Waals surface area (Å²) >= 11 is 6.89. The summed E-state index contributed by atoms with van der Waals surface area (Å²) in [6.07, 6.45) is 0. The molecule has 0 saturated heterocycles. The van der Waals surface area contributed by atoms with E-state index in [1.807, 2.05) is 78.9 Å². The van der Waals surface area contributed by atoms with Crippen LogP contribution in [0.4, 0.5) is 0 Å². The van der Waals surface area contributed by atoms with E-state index in [0.717, 1.165) is 45.2 Å². The molecule has 0 bridgehead atoms. The normalized spacial score (nSPS) is 10.6. The van der Waals surface area contributed by atoms with Gasteiger partial charge in [0.15, 0.2) is 0 Å². The maximum absolute atomic E-state index is 6.89. The quantitative estimate of drug-likeness (QED) is 0.338. The monoisotopic (exact) mass is 431 g/mol. The fourth-order valence-electron chi connectivity index (χ4n) is 3.36. The van der Waals surface area contributed by atoms with Crippen LogP contribution < -0.4 is 14.2 Å². The van der Waals surface area contributed by atoms with Gasteiger partial charge in [0.05, 0.1) is 37.7 Å². The molecule has 0 aliphatic heterocycles. The van der Waals surface area contributed by atoms with Crippen LogP contribution in [0.5, 0.6) is 17.2 Å². The van der Waals surface area contributed by atoms with Gasteiger partial charge in [-0.15, -0.1) is 0 Å². The van der Waals surface area contributed by atoms with Gasteiger partial charge in [-0.25, -0.2) is 4.98 Å². The van der Waals surface area contributed by atoms with Gasteiger partial charge in [0, 0.05) is 16.7 Å². The van der Waals surface area contributed by atoms with Crippen molar-refractivity contribution in [3.63, 3.8) is 0 Å². The van der Waals surface area contributed by atoms with Crippen LogP contribution in [0.15, 0.2) is 78.9 Å². The molecule has 0 atom stereocenters. The van der Waals surface area contributed by atoms with E-state index < -0.39 is 0 Å². The van der Waals surface area contributed by atoms with Crippen LogP contribution in [-0.2, 0) is 0 Å². The summed E-state index contributed by atoms with van der Waals surface area (Å²) < 4.78 is 15.9. The molecule has 0 amide bonds. The predicted octanol–water partition coefficient (Wildman–Crippen LogP) is 6.76. The van der Waals surface area contributed by atoms with E-state index >= 15 is 0 Å². The van der Waals surface area contributed by atoms with Gasteiger partial charge in [-0.3, -0.25) is 0 Å². The molecule has 4 rings (SSSR count). The lowest BCUT2D eigenvalue weighted by Crippen LogP contribution is -1.94. The van der Waals surface area contributed by atoms with Gasteiger partial charge in [-0.1, -0.05) is 23.7 Å². The Morgan fingerprint density at radius 1 is 0.581 bits per heavy atom. The second-order valence-electron chi connectivity index (χ2n) is 6.90. The van der Waals surface area contributed by atoms with Crippen molar-refractivity contribution in [2.75, 3.05) is 21.3 Å². The van der Waals surface area contributed by atoms with Crippen molar-refractivity contribution in [3.8, 4) is 50.9 Å². The lowest BCUT2D eigenvalue weighted by molar-refractivity contribution is 0.415. The molecule has 0 spiro atoms. The Bertz CT molecular complexity index is 1100. The van der Waals surface area contributed by atoms with E-state index in [1.165, 1.54) is 0 Å². The van der Waals surface area contributed by atoms with Gasteiger partial charge >= 0.3 is 0 Å². The first-order valence-electron chi connectivity index (χ1n) is 9.76. The van der Waals surface area contributed by atoms with Gasteiger partial charge in [0.2, 0.25) is 0 Å². The van der Waals surface area contributed by atoms with Crippen LogP contribution >= 0.6 is 11.6 Å².